The molecule has 0 saturated heterocycles. The first-order chi connectivity index (χ1) is 19.2. The first-order valence-corrected chi connectivity index (χ1v) is 14.8. The summed E-state index contributed by atoms with van der Waals surface area (Å²) in [6.45, 7) is 1.84. The average molecular weight is 578 g/mol. The van der Waals surface area contributed by atoms with E-state index in [-0.39, 0.29) is 23.8 Å². The fourth-order valence-electron chi connectivity index (χ4n) is 4.55. The van der Waals surface area contributed by atoms with Gasteiger partial charge in [-0.3, -0.25) is 9.59 Å². The van der Waals surface area contributed by atoms with Crippen molar-refractivity contribution in [2.24, 2.45) is 0 Å². The molecule has 1 atom stereocenters. The Kier molecular flexibility index (Phi) is 9.58. The molecule has 40 heavy (non-hydrogen) atoms. The van der Waals surface area contributed by atoms with Crippen molar-refractivity contribution in [3.8, 4) is 0 Å². The molecule has 0 aliphatic carbocycles. The number of sulfonamides is 1. The maximum Gasteiger partial charge on any atom is 0.243 e. The normalized spacial score (nSPS) is 12.3. The average Bonchev–Trinajstić information content (AvgIpc) is 2.95. The van der Waals surface area contributed by atoms with E-state index in [4.69, 9.17) is 11.6 Å². The molecule has 1 N–H and O–H groups in total. The summed E-state index contributed by atoms with van der Waals surface area (Å²) in [7, 11) is -2.62. The number of carbonyl (C=O) groups is 2. The van der Waals surface area contributed by atoms with Gasteiger partial charge in [-0.25, -0.2) is 8.42 Å². The van der Waals surface area contributed by atoms with Gasteiger partial charge in [0.1, 0.15) is 6.04 Å². The highest BCUT2D eigenvalue weighted by molar-refractivity contribution is 7.89. The molecule has 0 heterocycles. The number of hydrogen-bond donors (Lipinski definition) is 1. The monoisotopic (exact) mass is 577 g/mol. The zero-order valence-electron chi connectivity index (χ0n) is 22.5. The molecule has 2 amide bonds. The summed E-state index contributed by atoms with van der Waals surface area (Å²) < 4.78 is 28.0. The van der Waals surface area contributed by atoms with Crippen LogP contribution < -0.4 is 5.32 Å². The summed E-state index contributed by atoms with van der Waals surface area (Å²) in [5, 5.41) is 5.03. The molecule has 4 aromatic carbocycles. The molecule has 0 aromatic heterocycles. The van der Waals surface area contributed by atoms with E-state index in [9.17, 15) is 18.0 Å². The number of nitrogens with zero attached hydrogens (tertiary/aromatic N) is 2. The first-order valence-electron chi connectivity index (χ1n) is 13.0. The maximum atomic E-state index is 13.9. The Morgan fingerprint density at radius 3 is 2.23 bits per heavy atom. The van der Waals surface area contributed by atoms with E-state index < -0.39 is 28.5 Å². The van der Waals surface area contributed by atoms with E-state index >= 15 is 0 Å². The molecule has 0 radical (unpaired) electrons. The summed E-state index contributed by atoms with van der Waals surface area (Å²) in [6, 6.07) is 27.9. The number of carbonyl (C=O) groups excluding carboxylic acids is 2. The van der Waals surface area contributed by atoms with Gasteiger partial charge in [-0.05, 0) is 53.1 Å². The van der Waals surface area contributed by atoms with Gasteiger partial charge in [0.25, 0.3) is 0 Å². The number of nitrogens with one attached hydrogen (secondary N) is 1. The highest BCUT2D eigenvalue weighted by Crippen LogP contribution is 2.22. The number of fused-ring (bicyclic) bond motifs is 1. The first kappa shape index (κ1) is 29.3. The molecule has 0 aliphatic rings. The molecule has 0 bridgehead atoms. The van der Waals surface area contributed by atoms with Crippen LogP contribution in [0.25, 0.3) is 10.8 Å². The van der Waals surface area contributed by atoms with Crippen LogP contribution in [-0.4, -0.2) is 55.6 Å². The number of likely N-dealkylation sites (N-methyl/N-ethyl adjacent to an activating group) is 2. The lowest BCUT2D eigenvalue weighted by Gasteiger charge is -2.32. The van der Waals surface area contributed by atoms with Crippen LogP contribution in [0.4, 0.5) is 0 Å². The van der Waals surface area contributed by atoms with E-state index in [1.54, 1.807) is 30.3 Å². The fourth-order valence-corrected chi connectivity index (χ4v) is 5.92. The van der Waals surface area contributed by atoms with Crippen molar-refractivity contribution in [3.05, 3.63) is 113 Å². The molecule has 0 fully saturated rings. The topological polar surface area (TPSA) is 86.8 Å². The second kappa shape index (κ2) is 13.1. The lowest BCUT2D eigenvalue weighted by Crippen LogP contribution is -2.53. The minimum atomic E-state index is -3.99. The standard InChI is InChI=1S/C31H32ClN3O4S/c1-3-33-31(37)29(19-23-10-5-4-6-11-23)35(21-24-12-9-15-27(32)18-24)30(36)22-34(2)40(38,39)28-17-16-25-13-7-8-14-26(25)20-28/h4-18,20,29H,3,19,21-22H2,1-2H3,(H,33,37)/t29-/m0/s1. The van der Waals surface area contributed by atoms with Crippen LogP contribution in [0.1, 0.15) is 18.1 Å². The minimum absolute atomic E-state index is 0.0812. The van der Waals surface area contributed by atoms with Gasteiger partial charge in [-0.1, -0.05) is 84.4 Å². The third-order valence-corrected chi connectivity index (χ3v) is 8.69. The van der Waals surface area contributed by atoms with E-state index in [0.29, 0.717) is 11.6 Å². The molecule has 7 nitrogen and oxygen atoms in total. The molecule has 4 aromatic rings. The van der Waals surface area contributed by atoms with Crippen molar-refractivity contribution < 1.29 is 18.0 Å². The van der Waals surface area contributed by atoms with Crippen molar-refractivity contribution in [2.75, 3.05) is 20.1 Å². The summed E-state index contributed by atoms with van der Waals surface area (Å²) in [6.07, 6.45) is 0.264. The molecular formula is C31H32ClN3O4S. The van der Waals surface area contributed by atoms with Crippen LogP contribution >= 0.6 is 11.6 Å². The SMILES string of the molecule is CCNC(=O)[C@H](Cc1ccccc1)N(Cc1cccc(Cl)c1)C(=O)CN(C)S(=O)(=O)c1ccc2ccccc2c1. The summed E-state index contributed by atoms with van der Waals surface area (Å²) in [5.74, 6) is -0.819. The van der Waals surface area contributed by atoms with Crippen molar-refractivity contribution in [3.63, 3.8) is 0 Å². The van der Waals surface area contributed by atoms with E-state index in [1.807, 2.05) is 67.6 Å². The predicted molar refractivity (Wildman–Crippen MR) is 158 cm³/mol. The predicted octanol–water partition coefficient (Wildman–Crippen LogP) is 4.89. The van der Waals surface area contributed by atoms with Crippen LogP contribution in [0.15, 0.2) is 102 Å². The van der Waals surface area contributed by atoms with E-state index in [0.717, 1.165) is 26.2 Å². The van der Waals surface area contributed by atoms with Gasteiger partial charge in [0.05, 0.1) is 11.4 Å². The Morgan fingerprint density at radius 2 is 1.52 bits per heavy atom. The highest BCUT2D eigenvalue weighted by atomic mass is 35.5. The van der Waals surface area contributed by atoms with Crippen molar-refractivity contribution >= 4 is 44.2 Å². The van der Waals surface area contributed by atoms with Crippen molar-refractivity contribution in [1.82, 2.24) is 14.5 Å². The number of hydrogen-bond acceptors (Lipinski definition) is 4. The number of rotatable bonds is 11. The maximum absolute atomic E-state index is 13.9. The Hall–Kier alpha value is -3.72. The zero-order chi connectivity index (χ0) is 28.7. The molecule has 0 aliphatic heterocycles. The largest absolute Gasteiger partial charge is 0.355 e. The lowest BCUT2D eigenvalue weighted by molar-refractivity contribution is -0.141. The third kappa shape index (κ3) is 7.07. The van der Waals surface area contributed by atoms with Crippen LogP contribution in [0.5, 0.6) is 0 Å². The Balaban J connectivity index is 1.66. The van der Waals surface area contributed by atoms with Gasteiger partial charge in [-0.15, -0.1) is 0 Å². The number of halogens is 1. The molecule has 0 spiro atoms. The van der Waals surface area contributed by atoms with Crippen molar-refractivity contribution in [2.45, 2.75) is 30.8 Å². The molecule has 0 saturated carbocycles. The molecule has 208 valence electrons. The van der Waals surface area contributed by atoms with Gasteiger partial charge >= 0.3 is 0 Å². The van der Waals surface area contributed by atoms with Gasteiger partial charge in [0.15, 0.2) is 0 Å². The summed E-state index contributed by atoms with van der Waals surface area (Å²) in [5.41, 5.74) is 1.60. The molecule has 4 rings (SSSR count). The summed E-state index contributed by atoms with van der Waals surface area (Å²) >= 11 is 6.21. The van der Waals surface area contributed by atoms with Crippen LogP contribution in [-0.2, 0) is 32.6 Å². The molecular weight excluding hydrogens is 546 g/mol. The van der Waals surface area contributed by atoms with Gasteiger partial charge < -0.3 is 10.2 Å². The Morgan fingerprint density at radius 1 is 0.850 bits per heavy atom. The number of amides is 2. The zero-order valence-corrected chi connectivity index (χ0v) is 24.0. The van der Waals surface area contributed by atoms with Gasteiger partial charge in [0.2, 0.25) is 21.8 Å². The Bertz CT molecular complexity index is 1590. The van der Waals surface area contributed by atoms with Gasteiger partial charge in [0, 0.05) is 31.6 Å². The van der Waals surface area contributed by atoms with Crippen LogP contribution in [0.2, 0.25) is 5.02 Å². The smallest absolute Gasteiger partial charge is 0.243 e. The van der Waals surface area contributed by atoms with E-state index in [2.05, 4.69) is 5.32 Å². The Labute approximate surface area is 240 Å². The second-order valence-corrected chi connectivity index (χ2v) is 12.0. The molecule has 9 heteroatoms. The van der Waals surface area contributed by atoms with Gasteiger partial charge in [-0.2, -0.15) is 4.31 Å². The fraction of sp³-hybridized carbons (Fsp3) is 0.226. The second-order valence-electron chi connectivity index (χ2n) is 9.52. The minimum Gasteiger partial charge on any atom is -0.355 e. The quantitative estimate of drug-likeness (QED) is 0.275. The lowest BCUT2D eigenvalue weighted by atomic mass is 10.0. The van der Waals surface area contributed by atoms with E-state index in [1.165, 1.54) is 18.0 Å². The number of benzene rings is 4. The third-order valence-electron chi connectivity index (χ3n) is 6.65. The van der Waals surface area contributed by atoms with Crippen LogP contribution in [0, 0.1) is 0 Å². The van der Waals surface area contributed by atoms with Crippen molar-refractivity contribution in [1.29, 1.82) is 0 Å². The molecule has 0 unspecified atom stereocenters. The highest BCUT2D eigenvalue weighted by Gasteiger charge is 2.33. The summed E-state index contributed by atoms with van der Waals surface area (Å²) in [4.78, 5) is 28.7. The van der Waals surface area contributed by atoms with Crippen LogP contribution in [0.3, 0.4) is 0 Å².